The number of pyridine rings is 1. The van der Waals surface area contributed by atoms with Crippen LogP contribution in [0.2, 0.25) is 0 Å². The van der Waals surface area contributed by atoms with E-state index in [0.717, 1.165) is 43.6 Å². The van der Waals surface area contributed by atoms with E-state index in [1.807, 2.05) is 45.0 Å². The number of alkyl halides is 3. The zero-order chi connectivity index (χ0) is 25.3. The van der Waals surface area contributed by atoms with Gasteiger partial charge in [0.15, 0.2) is 0 Å². The maximum atomic E-state index is 12.2. The molecule has 4 nitrogen and oxygen atoms in total. The molecular formula is C26H35F3N2O2. The molecule has 0 atom stereocenters. The van der Waals surface area contributed by atoms with E-state index in [0.29, 0.717) is 17.7 Å². The Labute approximate surface area is 195 Å². The van der Waals surface area contributed by atoms with Crippen molar-refractivity contribution in [1.29, 1.82) is 0 Å². The molecule has 0 saturated carbocycles. The van der Waals surface area contributed by atoms with Crippen LogP contribution < -0.4 is 5.32 Å². The second kappa shape index (κ2) is 16.7. The van der Waals surface area contributed by atoms with Gasteiger partial charge in [-0.05, 0) is 62.1 Å². The number of hydrogen-bond acceptors (Lipinski definition) is 3. The average Bonchev–Trinajstić information content (AvgIpc) is 2.81. The Morgan fingerprint density at radius 1 is 1.12 bits per heavy atom. The minimum absolute atomic E-state index is 0.00239. The normalized spacial score (nSPS) is 10.8. The first-order chi connectivity index (χ1) is 15.6. The molecule has 2 aromatic rings. The maximum Gasteiger partial charge on any atom is 0.412 e. The number of amides is 1. The topological polar surface area (TPSA) is 51.2 Å². The summed E-state index contributed by atoms with van der Waals surface area (Å²) < 4.78 is 41.5. The van der Waals surface area contributed by atoms with Gasteiger partial charge in [0.1, 0.15) is 0 Å². The van der Waals surface area contributed by atoms with Gasteiger partial charge >= 0.3 is 6.18 Å². The number of benzene rings is 1. The highest BCUT2D eigenvalue weighted by Gasteiger charge is 2.29. The number of rotatable bonds is 8. The minimum Gasteiger partial charge on any atom is -0.385 e. The highest BCUT2D eigenvalue weighted by molar-refractivity contribution is 5.94. The SMILES string of the molecule is C=C(/C=C(\C)C(F)(F)F)c1cccnc1.CC.COCCCCNC(=O)c1ccc(C)cc1. The number of aryl methyl sites for hydroxylation is 1. The number of aromatic nitrogens is 1. The molecule has 0 radical (unpaired) electrons. The maximum absolute atomic E-state index is 12.2. The van der Waals surface area contributed by atoms with Crippen molar-refractivity contribution in [1.82, 2.24) is 10.3 Å². The summed E-state index contributed by atoms with van der Waals surface area (Å²) in [4.78, 5) is 15.5. The van der Waals surface area contributed by atoms with Crippen LogP contribution in [-0.2, 0) is 4.74 Å². The summed E-state index contributed by atoms with van der Waals surface area (Å²) in [5.74, 6) is -0.00239. The van der Waals surface area contributed by atoms with Gasteiger partial charge in [-0.2, -0.15) is 13.2 Å². The van der Waals surface area contributed by atoms with E-state index in [2.05, 4.69) is 16.9 Å². The summed E-state index contributed by atoms with van der Waals surface area (Å²) in [6.45, 7) is 12.0. The summed E-state index contributed by atoms with van der Waals surface area (Å²) in [5.41, 5.74) is 2.10. The van der Waals surface area contributed by atoms with Gasteiger partial charge in [-0.3, -0.25) is 9.78 Å². The van der Waals surface area contributed by atoms with Gasteiger partial charge < -0.3 is 10.1 Å². The molecule has 0 unspecified atom stereocenters. The van der Waals surface area contributed by atoms with Crippen molar-refractivity contribution in [2.24, 2.45) is 0 Å². The monoisotopic (exact) mass is 464 g/mol. The lowest BCUT2D eigenvalue weighted by atomic mass is 10.1. The van der Waals surface area contributed by atoms with Crippen molar-refractivity contribution in [2.45, 2.75) is 46.7 Å². The van der Waals surface area contributed by atoms with Gasteiger partial charge in [-0.25, -0.2) is 0 Å². The lowest BCUT2D eigenvalue weighted by Crippen LogP contribution is -2.24. The van der Waals surface area contributed by atoms with Gasteiger partial charge in [0.2, 0.25) is 0 Å². The predicted molar refractivity (Wildman–Crippen MR) is 129 cm³/mol. The molecule has 0 saturated heterocycles. The number of halogens is 3. The Morgan fingerprint density at radius 3 is 2.27 bits per heavy atom. The van der Waals surface area contributed by atoms with Crippen molar-refractivity contribution in [3.8, 4) is 0 Å². The quantitative estimate of drug-likeness (QED) is 0.346. The molecule has 0 fully saturated rings. The van der Waals surface area contributed by atoms with E-state index in [1.165, 1.54) is 6.20 Å². The Hall–Kier alpha value is -2.93. The number of hydrogen-bond donors (Lipinski definition) is 1. The van der Waals surface area contributed by atoms with Crippen LogP contribution in [0.15, 0.2) is 67.0 Å². The van der Waals surface area contributed by atoms with E-state index >= 15 is 0 Å². The summed E-state index contributed by atoms with van der Waals surface area (Å²) >= 11 is 0. The van der Waals surface area contributed by atoms with Crippen molar-refractivity contribution in [3.63, 3.8) is 0 Å². The standard InChI is InChI=1S/C13H19NO2.C11H10F3N.C2H6/c1-11-5-7-12(8-6-11)13(15)14-9-3-4-10-16-2;1-8(6-9(2)11(12,13)14)10-4-3-5-15-7-10;1-2/h5-8H,3-4,9-10H2,1-2H3,(H,14,15);3-7H,1H2,2H3;1-2H3/b;9-6+;. The Bertz CT molecular complexity index is 846. The summed E-state index contributed by atoms with van der Waals surface area (Å²) in [6, 6.07) is 10.9. The van der Waals surface area contributed by atoms with E-state index in [-0.39, 0.29) is 5.91 Å². The molecule has 1 amide bonds. The molecule has 1 N–H and O–H groups in total. The molecule has 0 bridgehead atoms. The van der Waals surface area contributed by atoms with Gasteiger partial charge in [-0.1, -0.05) is 44.2 Å². The van der Waals surface area contributed by atoms with Gasteiger partial charge in [-0.15, -0.1) is 0 Å². The van der Waals surface area contributed by atoms with Gasteiger partial charge in [0.25, 0.3) is 5.91 Å². The number of carbonyl (C=O) groups is 1. The van der Waals surface area contributed by atoms with Crippen molar-refractivity contribution in [3.05, 3.63) is 83.7 Å². The molecule has 0 aliphatic carbocycles. The second-order valence-electron chi connectivity index (χ2n) is 6.91. The van der Waals surface area contributed by atoms with Gasteiger partial charge in [0.05, 0.1) is 0 Å². The second-order valence-corrected chi connectivity index (χ2v) is 6.91. The first-order valence-electron chi connectivity index (χ1n) is 10.8. The van der Waals surface area contributed by atoms with Crippen molar-refractivity contribution < 1.29 is 22.7 Å². The zero-order valence-corrected chi connectivity index (χ0v) is 20.1. The molecule has 33 heavy (non-hydrogen) atoms. The van der Waals surface area contributed by atoms with E-state index in [9.17, 15) is 18.0 Å². The molecule has 0 aliphatic heterocycles. The van der Waals surface area contributed by atoms with Crippen LogP contribution in [0.4, 0.5) is 13.2 Å². The molecular weight excluding hydrogens is 429 g/mol. The fourth-order valence-electron chi connectivity index (χ4n) is 2.36. The molecule has 1 aromatic heterocycles. The van der Waals surface area contributed by atoms with Crippen LogP contribution in [0.25, 0.3) is 5.57 Å². The fourth-order valence-corrected chi connectivity index (χ4v) is 2.36. The predicted octanol–water partition coefficient (Wildman–Crippen LogP) is 6.78. The highest BCUT2D eigenvalue weighted by Crippen LogP contribution is 2.27. The third-order valence-corrected chi connectivity index (χ3v) is 4.24. The number of nitrogens with one attached hydrogen (secondary N) is 1. The molecule has 1 aromatic carbocycles. The highest BCUT2D eigenvalue weighted by atomic mass is 19.4. The third-order valence-electron chi connectivity index (χ3n) is 4.24. The number of methoxy groups -OCH3 is 1. The van der Waals surface area contributed by atoms with Crippen LogP contribution in [0, 0.1) is 6.92 Å². The number of carbonyl (C=O) groups excluding carboxylic acids is 1. The number of unbranched alkanes of at least 4 members (excludes halogenated alkanes) is 1. The van der Waals surface area contributed by atoms with Crippen molar-refractivity contribution >= 4 is 11.5 Å². The van der Waals surface area contributed by atoms with Crippen LogP contribution in [0.5, 0.6) is 0 Å². The number of allylic oxidation sites excluding steroid dienone is 3. The Morgan fingerprint density at radius 2 is 1.76 bits per heavy atom. The molecule has 0 aliphatic rings. The van der Waals surface area contributed by atoms with Crippen LogP contribution in [-0.4, -0.2) is 37.3 Å². The number of ether oxygens (including phenoxy) is 1. The van der Waals surface area contributed by atoms with Gasteiger partial charge in [0, 0.05) is 43.8 Å². The lowest BCUT2D eigenvalue weighted by Gasteiger charge is -2.07. The Kier molecular flexibility index (Phi) is 15.2. The first-order valence-corrected chi connectivity index (χ1v) is 10.8. The molecule has 7 heteroatoms. The average molecular weight is 465 g/mol. The summed E-state index contributed by atoms with van der Waals surface area (Å²) in [6.07, 6.45) is 1.66. The lowest BCUT2D eigenvalue weighted by molar-refractivity contribution is -0.0912. The third kappa shape index (κ3) is 13.3. The summed E-state index contributed by atoms with van der Waals surface area (Å²) in [7, 11) is 1.69. The van der Waals surface area contributed by atoms with Crippen molar-refractivity contribution in [2.75, 3.05) is 20.3 Å². The molecule has 2 rings (SSSR count). The molecule has 0 spiro atoms. The summed E-state index contributed by atoms with van der Waals surface area (Å²) in [5, 5.41) is 2.88. The molecule has 1 heterocycles. The minimum atomic E-state index is -4.30. The van der Waals surface area contributed by atoms with E-state index in [1.54, 1.807) is 25.4 Å². The largest absolute Gasteiger partial charge is 0.412 e. The number of nitrogens with zero attached hydrogens (tertiary/aromatic N) is 1. The first kappa shape index (κ1) is 30.1. The smallest absolute Gasteiger partial charge is 0.385 e. The van der Waals surface area contributed by atoms with E-state index < -0.39 is 11.7 Å². The van der Waals surface area contributed by atoms with E-state index in [4.69, 9.17) is 4.74 Å². The zero-order valence-electron chi connectivity index (χ0n) is 20.1. The van der Waals surface area contributed by atoms with Crippen LogP contribution in [0.3, 0.4) is 0 Å². The fraction of sp³-hybridized carbons (Fsp3) is 0.385. The van der Waals surface area contributed by atoms with Crippen LogP contribution >= 0.6 is 0 Å². The Balaban J connectivity index is 0.000000578. The molecule has 182 valence electrons. The van der Waals surface area contributed by atoms with Crippen LogP contribution in [0.1, 0.15) is 55.1 Å².